The van der Waals surface area contributed by atoms with Crippen LogP contribution in [0, 0.1) is 5.92 Å². The molecule has 0 aromatic heterocycles. The molecule has 0 spiro atoms. The number of aliphatic carboxylic acids is 2. The molecule has 216 valence electrons. The summed E-state index contributed by atoms with van der Waals surface area (Å²) >= 11 is 0. The summed E-state index contributed by atoms with van der Waals surface area (Å²) in [5.74, 6) is -5.23. The zero-order valence-electron chi connectivity index (χ0n) is 22.4. The highest BCUT2D eigenvalue weighted by molar-refractivity contribution is 5.95. The highest BCUT2D eigenvalue weighted by Gasteiger charge is 2.33. The van der Waals surface area contributed by atoms with E-state index in [1.54, 1.807) is 44.2 Å². The van der Waals surface area contributed by atoms with Crippen molar-refractivity contribution in [2.45, 2.75) is 63.7 Å². The largest absolute Gasteiger partial charge is 0.508 e. The fraction of sp³-hybridized carbons (Fsp3) is 0.393. The van der Waals surface area contributed by atoms with Crippen molar-refractivity contribution >= 4 is 29.7 Å². The van der Waals surface area contributed by atoms with Crippen LogP contribution in [0.1, 0.15) is 37.8 Å². The lowest BCUT2D eigenvalue weighted by atomic mass is 9.96. The number of hydrogen-bond acceptors (Lipinski definition) is 7. The smallest absolute Gasteiger partial charge is 0.326 e. The molecular formula is C28H36N4O8. The Bertz CT molecular complexity index is 1170. The molecule has 0 bridgehead atoms. The SMILES string of the molecule is CCC(C)C(NC(=O)C(N)CC(=O)O)C(=O)NC(Cc1ccccc1)C(=O)NC(Cc1ccc(O)cc1)C(=O)O. The van der Waals surface area contributed by atoms with Crippen molar-refractivity contribution in [3.63, 3.8) is 0 Å². The average Bonchev–Trinajstić information content (AvgIpc) is 2.91. The number of carboxylic acid groups (broad SMARTS) is 2. The monoisotopic (exact) mass is 556 g/mol. The van der Waals surface area contributed by atoms with Gasteiger partial charge in [0.15, 0.2) is 0 Å². The number of hydrogen-bond donors (Lipinski definition) is 7. The Morgan fingerprint density at radius 1 is 0.775 bits per heavy atom. The Morgan fingerprint density at radius 2 is 1.32 bits per heavy atom. The summed E-state index contributed by atoms with van der Waals surface area (Å²) in [4.78, 5) is 62.1. The van der Waals surface area contributed by atoms with Crippen molar-refractivity contribution in [2.75, 3.05) is 0 Å². The molecule has 0 heterocycles. The molecule has 8 N–H and O–H groups in total. The molecular weight excluding hydrogens is 520 g/mol. The van der Waals surface area contributed by atoms with Crippen LogP contribution >= 0.6 is 0 Å². The number of phenolic OH excluding ortho intramolecular Hbond substituents is 1. The number of phenols is 1. The maximum atomic E-state index is 13.4. The van der Waals surface area contributed by atoms with E-state index in [4.69, 9.17) is 10.8 Å². The predicted octanol–water partition coefficient (Wildman–Crippen LogP) is 0.565. The Hall–Kier alpha value is -4.45. The maximum absolute atomic E-state index is 13.4. The minimum Gasteiger partial charge on any atom is -0.508 e. The van der Waals surface area contributed by atoms with Gasteiger partial charge in [0.1, 0.15) is 23.9 Å². The van der Waals surface area contributed by atoms with E-state index in [0.717, 1.165) is 0 Å². The zero-order chi connectivity index (χ0) is 29.8. The molecule has 2 aromatic carbocycles. The van der Waals surface area contributed by atoms with Crippen LogP contribution in [0.3, 0.4) is 0 Å². The van der Waals surface area contributed by atoms with Gasteiger partial charge in [-0.2, -0.15) is 0 Å². The lowest BCUT2D eigenvalue weighted by Crippen LogP contribution is -2.59. The fourth-order valence-corrected chi connectivity index (χ4v) is 3.90. The van der Waals surface area contributed by atoms with Gasteiger partial charge in [0.2, 0.25) is 17.7 Å². The van der Waals surface area contributed by atoms with Gasteiger partial charge >= 0.3 is 11.9 Å². The van der Waals surface area contributed by atoms with Crippen LogP contribution < -0.4 is 21.7 Å². The van der Waals surface area contributed by atoms with Crippen LogP contribution in [0.25, 0.3) is 0 Å². The third-order valence-corrected chi connectivity index (χ3v) is 6.43. The van der Waals surface area contributed by atoms with Crippen LogP contribution in [0.4, 0.5) is 0 Å². The van der Waals surface area contributed by atoms with E-state index in [1.165, 1.54) is 24.3 Å². The number of amides is 3. The van der Waals surface area contributed by atoms with Gasteiger partial charge in [-0.3, -0.25) is 19.2 Å². The molecule has 0 fully saturated rings. The van der Waals surface area contributed by atoms with Crippen molar-refractivity contribution in [1.29, 1.82) is 0 Å². The van der Waals surface area contributed by atoms with Crippen molar-refractivity contribution in [2.24, 2.45) is 11.7 Å². The van der Waals surface area contributed by atoms with Gasteiger partial charge < -0.3 is 37.0 Å². The van der Waals surface area contributed by atoms with Gasteiger partial charge in [0.25, 0.3) is 0 Å². The van der Waals surface area contributed by atoms with E-state index in [-0.39, 0.29) is 18.6 Å². The number of carboxylic acids is 2. The molecule has 0 saturated heterocycles. The number of benzene rings is 2. The minimum absolute atomic E-state index is 0.0113. The summed E-state index contributed by atoms with van der Waals surface area (Å²) in [6.07, 6.45) is -0.197. The van der Waals surface area contributed by atoms with Crippen molar-refractivity contribution in [3.8, 4) is 5.75 Å². The van der Waals surface area contributed by atoms with Gasteiger partial charge in [0.05, 0.1) is 12.5 Å². The summed E-state index contributed by atoms with van der Waals surface area (Å²) in [6, 6.07) is 9.62. The number of carbonyl (C=O) groups excluding carboxylic acids is 3. The quantitative estimate of drug-likeness (QED) is 0.163. The molecule has 5 atom stereocenters. The molecule has 0 saturated carbocycles. The molecule has 40 heavy (non-hydrogen) atoms. The Morgan fingerprint density at radius 3 is 1.88 bits per heavy atom. The topological polar surface area (TPSA) is 208 Å². The van der Waals surface area contributed by atoms with E-state index in [0.29, 0.717) is 17.5 Å². The van der Waals surface area contributed by atoms with Crippen LogP contribution in [0.2, 0.25) is 0 Å². The van der Waals surface area contributed by atoms with Crippen LogP contribution in [-0.4, -0.2) is 69.1 Å². The van der Waals surface area contributed by atoms with E-state index in [2.05, 4.69) is 16.0 Å². The number of aromatic hydroxyl groups is 1. The number of nitrogens with one attached hydrogen (secondary N) is 3. The third-order valence-electron chi connectivity index (χ3n) is 6.43. The number of nitrogens with two attached hydrogens (primary N) is 1. The summed E-state index contributed by atoms with van der Waals surface area (Å²) in [5.41, 5.74) is 6.91. The maximum Gasteiger partial charge on any atom is 0.326 e. The first kappa shape index (κ1) is 31.8. The molecule has 12 nitrogen and oxygen atoms in total. The van der Waals surface area contributed by atoms with Crippen molar-refractivity contribution in [3.05, 3.63) is 65.7 Å². The minimum atomic E-state index is -1.38. The molecule has 12 heteroatoms. The van der Waals surface area contributed by atoms with E-state index < -0.39 is 66.2 Å². The molecule has 3 amide bonds. The molecule has 2 aromatic rings. The Balaban J connectivity index is 2.26. The standard InChI is InChI=1S/C28H36N4O8/c1-3-16(2)24(32-25(36)20(29)15-23(34)35)27(38)30-21(13-17-7-5-4-6-8-17)26(37)31-22(28(39)40)14-18-9-11-19(33)12-10-18/h4-12,16,20-22,24,33H,3,13-15,29H2,1-2H3,(H,30,38)(H,31,37)(H,32,36)(H,34,35)(H,39,40). The molecule has 0 aliphatic rings. The van der Waals surface area contributed by atoms with Crippen LogP contribution in [0.15, 0.2) is 54.6 Å². The second kappa shape index (κ2) is 15.2. The Labute approximate surface area is 232 Å². The van der Waals surface area contributed by atoms with Crippen LogP contribution in [0.5, 0.6) is 5.75 Å². The molecule has 5 unspecified atom stereocenters. The third kappa shape index (κ3) is 10.0. The van der Waals surface area contributed by atoms with Gasteiger partial charge in [-0.05, 0) is 29.2 Å². The number of carbonyl (C=O) groups is 5. The van der Waals surface area contributed by atoms with Crippen molar-refractivity contribution in [1.82, 2.24) is 16.0 Å². The highest BCUT2D eigenvalue weighted by atomic mass is 16.4. The fourth-order valence-electron chi connectivity index (χ4n) is 3.90. The van der Waals surface area contributed by atoms with E-state index in [9.17, 15) is 34.2 Å². The molecule has 0 aliphatic heterocycles. The Kier molecular flexibility index (Phi) is 12.1. The first-order chi connectivity index (χ1) is 18.9. The van der Waals surface area contributed by atoms with E-state index >= 15 is 0 Å². The van der Waals surface area contributed by atoms with Gasteiger partial charge in [-0.25, -0.2) is 4.79 Å². The molecule has 2 rings (SSSR count). The lowest BCUT2D eigenvalue weighted by molar-refractivity contribution is -0.142. The summed E-state index contributed by atoms with van der Waals surface area (Å²) in [5, 5.41) is 35.8. The van der Waals surface area contributed by atoms with Crippen LogP contribution in [-0.2, 0) is 36.8 Å². The first-order valence-electron chi connectivity index (χ1n) is 12.8. The molecule has 0 radical (unpaired) electrons. The summed E-state index contributed by atoms with van der Waals surface area (Å²) in [6.45, 7) is 3.50. The number of rotatable bonds is 15. The summed E-state index contributed by atoms with van der Waals surface area (Å²) in [7, 11) is 0. The van der Waals surface area contributed by atoms with Gasteiger partial charge in [-0.1, -0.05) is 62.7 Å². The highest BCUT2D eigenvalue weighted by Crippen LogP contribution is 2.13. The second-order valence-corrected chi connectivity index (χ2v) is 9.60. The van der Waals surface area contributed by atoms with Gasteiger partial charge in [-0.15, -0.1) is 0 Å². The lowest BCUT2D eigenvalue weighted by Gasteiger charge is -2.28. The van der Waals surface area contributed by atoms with Gasteiger partial charge in [0, 0.05) is 12.8 Å². The molecule has 0 aliphatic carbocycles. The second-order valence-electron chi connectivity index (χ2n) is 9.60. The normalized spacial score (nSPS) is 14.6. The summed E-state index contributed by atoms with van der Waals surface area (Å²) < 4.78 is 0. The predicted molar refractivity (Wildman–Crippen MR) is 145 cm³/mol. The first-order valence-corrected chi connectivity index (χ1v) is 12.8. The van der Waals surface area contributed by atoms with Crippen molar-refractivity contribution < 1.29 is 39.3 Å². The van der Waals surface area contributed by atoms with E-state index in [1.807, 2.05) is 0 Å². The average molecular weight is 557 g/mol. The zero-order valence-corrected chi connectivity index (χ0v) is 22.4.